The molecule has 28 heavy (non-hydrogen) atoms. The van der Waals surface area contributed by atoms with Gasteiger partial charge >= 0.3 is 6.18 Å². The number of alkyl halides is 3. The first kappa shape index (κ1) is 21.0. The summed E-state index contributed by atoms with van der Waals surface area (Å²) >= 11 is 11.9. The highest BCUT2D eigenvalue weighted by Crippen LogP contribution is 2.40. The molecule has 0 aromatic heterocycles. The quantitative estimate of drug-likeness (QED) is 0.533. The van der Waals surface area contributed by atoms with Crippen molar-refractivity contribution >= 4 is 50.3 Å². The minimum absolute atomic E-state index is 0.135. The zero-order chi connectivity index (χ0) is 20.9. The van der Waals surface area contributed by atoms with Crippen LogP contribution in [0.2, 0.25) is 10.0 Å². The highest BCUT2D eigenvalue weighted by Gasteiger charge is 2.37. The molecule has 152 valence electrons. The molecule has 1 saturated carbocycles. The van der Waals surface area contributed by atoms with Gasteiger partial charge in [0.05, 0.1) is 32.9 Å². The normalized spacial score (nSPS) is 14.8. The molecule has 1 fully saturated rings. The number of aryl methyl sites for hydroxylation is 1. The smallest absolute Gasteiger partial charge is 0.352 e. The standard InChI is InChI=1S/C17H14Cl2F4N2O2S/c1-8-4-9(18)5-15(16(8)25-28(26,27)10-2-3-10)24-14-7-13(20)11(6-12(14)19)17(21,22)23/h4-7,10,24-25H,2-3H2,1H3. The lowest BCUT2D eigenvalue weighted by Crippen LogP contribution is -2.19. The first-order valence-corrected chi connectivity index (χ1v) is 10.3. The number of benzene rings is 2. The van der Waals surface area contributed by atoms with Gasteiger partial charge in [-0.3, -0.25) is 4.72 Å². The maximum absolute atomic E-state index is 13.9. The van der Waals surface area contributed by atoms with E-state index in [4.69, 9.17) is 23.2 Å². The predicted molar refractivity (Wildman–Crippen MR) is 101 cm³/mol. The van der Waals surface area contributed by atoms with E-state index in [9.17, 15) is 26.0 Å². The molecule has 11 heteroatoms. The van der Waals surface area contributed by atoms with Crippen LogP contribution in [0, 0.1) is 12.7 Å². The van der Waals surface area contributed by atoms with Crippen LogP contribution in [0.5, 0.6) is 0 Å². The molecule has 2 N–H and O–H groups in total. The van der Waals surface area contributed by atoms with Gasteiger partial charge in [-0.2, -0.15) is 13.2 Å². The van der Waals surface area contributed by atoms with Gasteiger partial charge in [-0.05, 0) is 49.6 Å². The maximum Gasteiger partial charge on any atom is 0.419 e. The van der Waals surface area contributed by atoms with Crippen LogP contribution in [-0.4, -0.2) is 13.7 Å². The molecular weight excluding hydrogens is 443 g/mol. The molecule has 3 rings (SSSR count). The Balaban J connectivity index is 2.02. The lowest BCUT2D eigenvalue weighted by molar-refractivity contribution is -0.139. The summed E-state index contributed by atoms with van der Waals surface area (Å²) in [5.41, 5.74) is -0.897. The molecule has 2 aromatic carbocycles. The fourth-order valence-electron chi connectivity index (χ4n) is 2.59. The van der Waals surface area contributed by atoms with Crippen molar-refractivity contribution in [2.75, 3.05) is 10.0 Å². The van der Waals surface area contributed by atoms with Crippen LogP contribution in [-0.2, 0) is 16.2 Å². The van der Waals surface area contributed by atoms with E-state index in [0.29, 0.717) is 30.5 Å². The lowest BCUT2D eigenvalue weighted by atomic mass is 10.1. The van der Waals surface area contributed by atoms with Crippen molar-refractivity contribution < 1.29 is 26.0 Å². The molecule has 2 aromatic rings. The van der Waals surface area contributed by atoms with E-state index < -0.39 is 32.8 Å². The van der Waals surface area contributed by atoms with Gasteiger partial charge in [-0.25, -0.2) is 12.8 Å². The van der Waals surface area contributed by atoms with Gasteiger partial charge in [0, 0.05) is 5.02 Å². The van der Waals surface area contributed by atoms with Crippen molar-refractivity contribution in [2.24, 2.45) is 0 Å². The van der Waals surface area contributed by atoms with Crippen molar-refractivity contribution in [3.8, 4) is 0 Å². The molecule has 0 spiro atoms. The van der Waals surface area contributed by atoms with Gasteiger partial charge in [0.1, 0.15) is 5.82 Å². The fraction of sp³-hybridized carbons (Fsp3) is 0.294. The van der Waals surface area contributed by atoms with Crippen molar-refractivity contribution in [1.29, 1.82) is 0 Å². The third-order valence-corrected chi connectivity index (χ3v) is 6.51. The Bertz CT molecular complexity index is 1040. The molecule has 0 aliphatic heterocycles. The topological polar surface area (TPSA) is 58.2 Å². The average Bonchev–Trinajstić information content (AvgIpc) is 3.38. The average molecular weight is 457 g/mol. The Kier molecular flexibility index (Phi) is 5.46. The van der Waals surface area contributed by atoms with Gasteiger partial charge < -0.3 is 5.32 Å². The summed E-state index contributed by atoms with van der Waals surface area (Å²) in [7, 11) is -3.62. The highest BCUT2D eigenvalue weighted by molar-refractivity contribution is 7.93. The largest absolute Gasteiger partial charge is 0.419 e. The van der Waals surface area contributed by atoms with Crippen LogP contribution in [0.15, 0.2) is 24.3 Å². The number of rotatable bonds is 5. The van der Waals surface area contributed by atoms with Crippen LogP contribution >= 0.6 is 23.2 Å². The molecule has 0 amide bonds. The third-order valence-electron chi connectivity index (χ3n) is 4.14. The third kappa shape index (κ3) is 4.47. The van der Waals surface area contributed by atoms with Crippen molar-refractivity contribution in [1.82, 2.24) is 0 Å². The van der Waals surface area contributed by atoms with Gasteiger partial charge in [0.15, 0.2) is 0 Å². The monoisotopic (exact) mass is 456 g/mol. The van der Waals surface area contributed by atoms with Gasteiger partial charge in [-0.1, -0.05) is 23.2 Å². The Morgan fingerprint density at radius 1 is 1.07 bits per heavy atom. The molecule has 0 bridgehead atoms. The van der Waals surface area contributed by atoms with E-state index in [-0.39, 0.29) is 27.1 Å². The minimum atomic E-state index is -4.90. The van der Waals surface area contributed by atoms with Gasteiger partial charge in [0.2, 0.25) is 10.0 Å². The van der Waals surface area contributed by atoms with Crippen LogP contribution in [0.25, 0.3) is 0 Å². The van der Waals surface area contributed by atoms with Crippen LogP contribution < -0.4 is 10.0 Å². The van der Waals surface area contributed by atoms with Crippen molar-refractivity contribution in [2.45, 2.75) is 31.2 Å². The summed E-state index contributed by atoms with van der Waals surface area (Å²) in [6.45, 7) is 1.61. The Morgan fingerprint density at radius 2 is 1.71 bits per heavy atom. The van der Waals surface area contributed by atoms with E-state index in [0.717, 1.165) is 0 Å². The molecular formula is C17H14Cl2F4N2O2S. The number of nitrogens with one attached hydrogen (secondary N) is 2. The summed E-state index contributed by atoms with van der Waals surface area (Å²) in [5, 5.41) is 2.04. The number of sulfonamides is 1. The Hall–Kier alpha value is -1.71. The molecule has 1 aliphatic rings. The first-order valence-electron chi connectivity index (χ1n) is 8.03. The number of halogens is 6. The molecule has 1 aliphatic carbocycles. The number of anilines is 3. The van der Waals surface area contributed by atoms with Gasteiger partial charge in [0.25, 0.3) is 0 Å². The molecule has 0 saturated heterocycles. The van der Waals surface area contributed by atoms with Crippen molar-refractivity contribution in [3.63, 3.8) is 0 Å². The second-order valence-electron chi connectivity index (χ2n) is 6.43. The fourth-order valence-corrected chi connectivity index (χ4v) is 4.55. The zero-order valence-electron chi connectivity index (χ0n) is 14.3. The summed E-state index contributed by atoms with van der Waals surface area (Å²) in [4.78, 5) is 0. The predicted octanol–water partition coefficient (Wildman–Crippen LogP) is 6.11. The second kappa shape index (κ2) is 7.27. The highest BCUT2D eigenvalue weighted by atomic mass is 35.5. The minimum Gasteiger partial charge on any atom is -0.352 e. The SMILES string of the molecule is Cc1cc(Cl)cc(Nc2cc(F)c(C(F)(F)F)cc2Cl)c1NS(=O)(=O)C1CC1. The van der Waals surface area contributed by atoms with Crippen molar-refractivity contribution in [3.05, 3.63) is 51.3 Å². The van der Waals surface area contributed by atoms with Crippen LogP contribution in [0.1, 0.15) is 24.0 Å². The van der Waals surface area contributed by atoms with Crippen LogP contribution in [0.3, 0.4) is 0 Å². The second-order valence-corrected chi connectivity index (χ2v) is 9.23. The summed E-state index contributed by atoms with van der Waals surface area (Å²) < 4.78 is 79.4. The van der Waals surface area contributed by atoms with Gasteiger partial charge in [-0.15, -0.1) is 0 Å². The molecule has 0 atom stereocenters. The number of hydrogen-bond acceptors (Lipinski definition) is 3. The van der Waals surface area contributed by atoms with Crippen LogP contribution in [0.4, 0.5) is 34.6 Å². The van der Waals surface area contributed by atoms with E-state index in [1.165, 1.54) is 12.1 Å². The molecule has 4 nitrogen and oxygen atoms in total. The Labute approximate surface area is 168 Å². The summed E-state index contributed by atoms with van der Waals surface area (Å²) in [5.74, 6) is -1.52. The first-order chi connectivity index (χ1) is 12.9. The molecule has 0 radical (unpaired) electrons. The van der Waals surface area contributed by atoms with E-state index in [1.54, 1.807) is 6.92 Å². The Morgan fingerprint density at radius 3 is 2.29 bits per heavy atom. The molecule has 0 unspecified atom stereocenters. The number of hydrogen-bond donors (Lipinski definition) is 2. The summed E-state index contributed by atoms with van der Waals surface area (Å²) in [6, 6.07) is 3.95. The van der Waals surface area contributed by atoms with E-state index in [2.05, 4.69) is 10.0 Å². The summed E-state index contributed by atoms with van der Waals surface area (Å²) in [6.07, 6.45) is -3.81. The van der Waals surface area contributed by atoms with E-state index >= 15 is 0 Å². The maximum atomic E-state index is 13.9. The lowest BCUT2D eigenvalue weighted by Gasteiger charge is -2.18. The zero-order valence-corrected chi connectivity index (χ0v) is 16.6. The van der Waals surface area contributed by atoms with E-state index in [1.807, 2.05) is 0 Å². The molecule has 0 heterocycles.